The minimum atomic E-state index is -0.0389. The maximum Gasteiger partial charge on any atom is 0.266 e. The molecule has 0 radical (unpaired) electrons. The molecule has 2 aromatic carbocycles. The Labute approximate surface area is 162 Å². The van der Waals surface area contributed by atoms with Gasteiger partial charge in [0.2, 0.25) is 0 Å². The lowest BCUT2D eigenvalue weighted by atomic mass is 10.1. The largest absolute Gasteiger partial charge is 0.355 e. The van der Waals surface area contributed by atoms with E-state index in [2.05, 4.69) is 13.0 Å². The van der Waals surface area contributed by atoms with Crippen molar-refractivity contribution < 1.29 is 9.47 Å². The number of rotatable bonds is 4. The molecule has 0 aliphatic carbocycles. The van der Waals surface area contributed by atoms with Crippen LogP contribution in [0.1, 0.15) is 17.5 Å². The Hall–Kier alpha value is -2.15. The second-order valence-electron chi connectivity index (χ2n) is 6.76. The molecule has 1 atom stereocenters. The first-order valence-corrected chi connectivity index (χ1v) is 10.0. The Morgan fingerprint density at radius 2 is 2.07 bits per heavy atom. The van der Waals surface area contributed by atoms with E-state index >= 15 is 0 Å². The molecule has 1 aromatic heterocycles. The molecule has 0 saturated carbocycles. The first kappa shape index (κ1) is 18.2. The normalized spacial score (nSPS) is 17.3. The van der Waals surface area contributed by atoms with Crippen molar-refractivity contribution in [3.63, 3.8) is 0 Å². The summed E-state index contributed by atoms with van der Waals surface area (Å²) in [5.74, 6) is 0.735. The summed E-state index contributed by atoms with van der Waals surface area (Å²) in [5.41, 5.74) is 3.78. The van der Waals surface area contributed by atoms with E-state index in [-0.39, 0.29) is 11.7 Å². The number of ether oxygens (including phenoxy) is 2. The first-order chi connectivity index (χ1) is 13.1. The predicted molar refractivity (Wildman–Crippen MR) is 108 cm³/mol. The number of benzene rings is 2. The molecule has 3 aromatic rings. The zero-order valence-electron chi connectivity index (χ0n) is 15.5. The topological polar surface area (TPSA) is 53.4 Å². The van der Waals surface area contributed by atoms with E-state index in [0.717, 1.165) is 28.9 Å². The SMILES string of the molecule is Cc1ccc(-n2c(SC[C@H]3CCOCO3)nc3ccccc3c2=O)c(C)c1. The lowest BCUT2D eigenvalue weighted by molar-refractivity contribution is -0.130. The van der Waals surface area contributed by atoms with Crippen LogP contribution >= 0.6 is 11.8 Å². The fourth-order valence-electron chi connectivity index (χ4n) is 3.28. The number of fused-ring (bicyclic) bond motifs is 1. The van der Waals surface area contributed by atoms with Crippen molar-refractivity contribution >= 4 is 22.7 Å². The van der Waals surface area contributed by atoms with Crippen LogP contribution < -0.4 is 5.56 Å². The van der Waals surface area contributed by atoms with Gasteiger partial charge in [0.25, 0.3) is 5.56 Å². The number of hydrogen-bond donors (Lipinski definition) is 0. The van der Waals surface area contributed by atoms with Crippen molar-refractivity contribution in [2.75, 3.05) is 19.2 Å². The summed E-state index contributed by atoms with van der Waals surface area (Å²) >= 11 is 1.56. The molecule has 1 fully saturated rings. The Balaban J connectivity index is 1.81. The highest BCUT2D eigenvalue weighted by Gasteiger charge is 2.19. The number of thioether (sulfide) groups is 1. The van der Waals surface area contributed by atoms with E-state index < -0.39 is 0 Å². The quantitative estimate of drug-likeness (QED) is 0.507. The highest BCUT2D eigenvalue weighted by Crippen LogP contribution is 2.25. The van der Waals surface area contributed by atoms with Gasteiger partial charge in [-0.25, -0.2) is 4.98 Å². The predicted octanol–water partition coefficient (Wildman–Crippen LogP) is 3.86. The van der Waals surface area contributed by atoms with Gasteiger partial charge in [0, 0.05) is 5.75 Å². The van der Waals surface area contributed by atoms with Crippen LogP contribution in [-0.2, 0) is 9.47 Å². The van der Waals surface area contributed by atoms with Gasteiger partial charge in [-0.3, -0.25) is 9.36 Å². The van der Waals surface area contributed by atoms with Crippen LogP contribution in [0.4, 0.5) is 0 Å². The van der Waals surface area contributed by atoms with E-state index in [1.807, 2.05) is 43.3 Å². The van der Waals surface area contributed by atoms with Gasteiger partial charge in [-0.05, 0) is 44.0 Å². The van der Waals surface area contributed by atoms with Crippen molar-refractivity contribution in [3.8, 4) is 5.69 Å². The number of aryl methyl sites for hydroxylation is 2. The number of nitrogens with zero attached hydrogens (tertiary/aromatic N) is 2. The van der Waals surface area contributed by atoms with E-state index in [1.165, 1.54) is 5.56 Å². The minimum absolute atomic E-state index is 0.0389. The van der Waals surface area contributed by atoms with Gasteiger partial charge in [-0.15, -0.1) is 0 Å². The number of aromatic nitrogens is 2. The molecular weight excluding hydrogens is 360 g/mol. The number of para-hydroxylation sites is 1. The van der Waals surface area contributed by atoms with Crippen molar-refractivity contribution in [2.45, 2.75) is 31.5 Å². The molecular formula is C21H22N2O3S. The van der Waals surface area contributed by atoms with Gasteiger partial charge >= 0.3 is 0 Å². The zero-order chi connectivity index (χ0) is 18.8. The Morgan fingerprint density at radius 1 is 1.22 bits per heavy atom. The molecule has 140 valence electrons. The number of hydrogen-bond acceptors (Lipinski definition) is 5. The average molecular weight is 382 g/mol. The Bertz CT molecular complexity index is 1030. The Morgan fingerprint density at radius 3 is 2.85 bits per heavy atom. The highest BCUT2D eigenvalue weighted by atomic mass is 32.2. The molecule has 1 aliphatic rings. The molecule has 1 aliphatic heterocycles. The van der Waals surface area contributed by atoms with E-state index in [0.29, 0.717) is 23.9 Å². The summed E-state index contributed by atoms with van der Waals surface area (Å²) in [6, 6.07) is 13.6. The molecule has 0 unspecified atom stereocenters. The molecule has 2 heterocycles. The standard InChI is InChI=1S/C21H22N2O3S/c1-14-7-8-19(15(2)11-14)23-20(24)17-5-3-4-6-18(17)22-21(23)27-12-16-9-10-25-13-26-16/h3-8,11,16H,9-10,12-13H2,1-2H3/t16-/m1/s1. The van der Waals surface area contributed by atoms with Crippen molar-refractivity contribution in [2.24, 2.45) is 0 Å². The van der Waals surface area contributed by atoms with Gasteiger partial charge in [-0.2, -0.15) is 0 Å². The highest BCUT2D eigenvalue weighted by molar-refractivity contribution is 7.99. The van der Waals surface area contributed by atoms with Crippen LogP contribution in [-0.4, -0.2) is 34.8 Å². The average Bonchev–Trinajstić information content (AvgIpc) is 2.68. The molecule has 6 heteroatoms. The maximum atomic E-state index is 13.3. The fourth-order valence-corrected chi connectivity index (χ4v) is 4.35. The summed E-state index contributed by atoms with van der Waals surface area (Å²) in [7, 11) is 0. The molecule has 0 amide bonds. The molecule has 27 heavy (non-hydrogen) atoms. The van der Waals surface area contributed by atoms with Gasteiger partial charge in [0.05, 0.1) is 29.3 Å². The van der Waals surface area contributed by atoms with Gasteiger partial charge in [-0.1, -0.05) is 41.6 Å². The van der Waals surface area contributed by atoms with E-state index in [1.54, 1.807) is 16.3 Å². The molecule has 1 saturated heterocycles. The third kappa shape index (κ3) is 3.78. The second kappa shape index (κ2) is 7.84. The summed E-state index contributed by atoms with van der Waals surface area (Å²) < 4.78 is 12.6. The van der Waals surface area contributed by atoms with Crippen LogP contribution in [0.2, 0.25) is 0 Å². The minimum Gasteiger partial charge on any atom is -0.355 e. The van der Waals surface area contributed by atoms with Crippen molar-refractivity contribution in [1.82, 2.24) is 9.55 Å². The molecule has 4 rings (SSSR count). The Kier molecular flexibility index (Phi) is 5.29. The van der Waals surface area contributed by atoms with Crippen LogP contribution in [0.3, 0.4) is 0 Å². The lowest BCUT2D eigenvalue weighted by Crippen LogP contribution is -2.27. The second-order valence-corrected chi connectivity index (χ2v) is 7.74. The molecule has 0 bridgehead atoms. The summed E-state index contributed by atoms with van der Waals surface area (Å²) in [6.45, 7) is 5.12. The van der Waals surface area contributed by atoms with Crippen molar-refractivity contribution in [3.05, 3.63) is 63.9 Å². The molecule has 0 N–H and O–H groups in total. The van der Waals surface area contributed by atoms with Gasteiger partial charge in [0.1, 0.15) is 6.79 Å². The van der Waals surface area contributed by atoms with Gasteiger partial charge in [0.15, 0.2) is 5.16 Å². The first-order valence-electron chi connectivity index (χ1n) is 9.05. The zero-order valence-corrected chi connectivity index (χ0v) is 16.3. The third-order valence-electron chi connectivity index (χ3n) is 4.71. The summed E-state index contributed by atoms with van der Waals surface area (Å²) in [5, 5.41) is 1.32. The van der Waals surface area contributed by atoms with Gasteiger partial charge < -0.3 is 9.47 Å². The van der Waals surface area contributed by atoms with Crippen LogP contribution in [0.5, 0.6) is 0 Å². The third-order valence-corrected chi connectivity index (χ3v) is 5.78. The van der Waals surface area contributed by atoms with Crippen LogP contribution in [0.15, 0.2) is 52.4 Å². The van der Waals surface area contributed by atoms with E-state index in [4.69, 9.17) is 14.5 Å². The molecule has 0 spiro atoms. The summed E-state index contributed by atoms with van der Waals surface area (Å²) in [6.07, 6.45) is 0.966. The smallest absolute Gasteiger partial charge is 0.266 e. The lowest BCUT2D eigenvalue weighted by Gasteiger charge is -2.23. The maximum absolute atomic E-state index is 13.3. The monoisotopic (exact) mass is 382 g/mol. The van der Waals surface area contributed by atoms with Crippen LogP contribution in [0.25, 0.3) is 16.6 Å². The van der Waals surface area contributed by atoms with Crippen molar-refractivity contribution in [1.29, 1.82) is 0 Å². The summed E-state index contributed by atoms with van der Waals surface area (Å²) in [4.78, 5) is 18.1. The van der Waals surface area contributed by atoms with Crippen LogP contribution in [0, 0.1) is 13.8 Å². The fraction of sp³-hybridized carbons (Fsp3) is 0.333. The molecule has 5 nitrogen and oxygen atoms in total. The van der Waals surface area contributed by atoms with E-state index in [9.17, 15) is 4.79 Å².